The van der Waals surface area contributed by atoms with Crippen molar-refractivity contribution >= 4 is 35.9 Å². The number of carboxylic acid groups (broad SMARTS) is 2. The number of ether oxygens (including phenoxy) is 2. The predicted molar refractivity (Wildman–Crippen MR) is 176 cm³/mol. The van der Waals surface area contributed by atoms with Crippen molar-refractivity contribution in [2.75, 3.05) is 14.2 Å². The first-order valence-electron chi connectivity index (χ1n) is 14.9. The van der Waals surface area contributed by atoms with Crippen LogP contribution in [0.5, 0.6) is 0 Å². The zero-order valence-electron chi connectivity index (χ0n) is 27.3. The summed E-state index contributed by atoms with van der Waals surface area (Å²) in [6, 6.07) is 0. The second-order valence-electron chi connectivity index (χ2n) is 11.5. The van der Waals surface area contributed by atoms with Crippen molar-refractivity contribution in [1.29, 1.82) is 0 Å². The maximum absolute atomic E-state index is 12.4. The molecule has 0 bridgehead atoms. The van der Waals surface area contributed by atoms with E-state index in [9.17, 15) is 29.4 Å². The van der Waals surface area contributed by atoms with Gasteiger partial charge in [-0.3, -0.25) is 9.59 Å². The lowest BCUT2D eigenvalue weighted by atomic mass is 9.97. The Kier molecular flexibility index (Phi) is 10.4. The molecule has 0 aromatic carbocycles. The zero-order chi connectivity index (χ0) is 34.7. The van der Waals surface area contributed by atoms with Crippen LogP contribution >= 0.6 is 0 Å². The normalized spacial score (nSPS) is 17.8. The first-order chi connectivity index (χ1) is 22.3. The first-order valence-corrected chi connectivity index (χ1v) is 14.9. The van der Waals surface area contributed by atoms with Crippen molar-refractivity contribution in [2.45, 2.75) is 59.2 Å². The molecule has 2 aliphatic heterocycles. The molecule has 2 aromatic rings. The molecule has 248 valence electrons. The van der Waals surface area contributed by atoms with Crippen LogP contribution < -0.4 is 10.6 Å². The van der Waals surface area contributed by atoms with Crippen molar-refractivity contribution in [2.24, 2.45) is 0 Å². The summed E-state index contributed by atoms with van der Waals surface area (Å²) in [6.07, 6.45) is 4.83. The van der Waals surface area contributed by atoms with Gasteiger partial charge in [-0.15, -0.1) is 0 Å². The van der Waals surface area contributed by atoms with E-state index in [1.807, 2.05) is 13.8 Å². The van der Waals surface area contributed by atoms with Crippen LogP contribution in [-0.4, -0.2) is 70.4 Å². The maximum Gasteiger partial charge on any atom is 0.333 e. The van der Waals surface area contributed by atoms with E-state index in [0.717, 1.165) is 11.1 Å². The highest BCUT2D eigenvalue weighted by Crippen LogP contribution is 2.32. The van der Waals surface area contributed by atoms with Gasteiger partial charge < -0.3 is 40.3 Å². The highest BCUT2D eigenvalue weighted by molar-refractivity contribution is 6.02. The van der Waals surface area contributed by atoms with Crippen LogP contribution in [0.15, 0.2) is 59.0 Å². The Labute approximate surface area is 272 Å². The number of carbonyl (C=O) groups excluding carboxylic acids is 2. The topological polar surface area (TPSA) is 183 Å². The summed E-state index contributed by atoms with van der Waals surface area (Å²) in [5.74, 6) is -2.71. The van der Waals surface area contributed by atoms with Crippen LogP contribution in [0.3, 0.4) is 0 Å². The second kappa shape index (κ2) is 14.1. The van der Waals surface area contributed by atoms with E-state index in [1.165, 1.54) is 14.2 Å². The highest BCUT2D eigenvalue weighted by Gasteiger charge is 2.28. The maximum atomic E-state index is 12.4. The Balaban J connectivity index is 1.89. The number of aliphatic carboxylic acids is 2. The molecule has 12 heteroatoms. The molecule has 47 heavy (non-hydrogen) atoms. The van der Waals surface area contributed by atoms with E-state index in [0.29, 0.717) is 67.6 Å². The quantitative estimate of drug-likeness (QED) is 0.180. The number of nitrogens with one attached hydrogen (secondary N) is 4. The van der Waals surface area contributed by atoms with Gasteiger partial charge in [-0.1, -0.05) is 25.3 Å². The van der Waals surface area contributed by atoms with E-state index in [-0.39, 0.29) is 31.1 Å². The van der Waals surface area contributed by atoms with Gasteiger partial charge in [0.2, 0.25) is 0 Å². The van der Waals surface area contributed by atoms with Crippen LogP contribution in [0.1, 0.15) is 58.9 Å². The third kappa shape index (κ3) is 6.83. The first kappa shape index (κ1) is 34.7. The molecule has 0 saturated carbocycles. The SMILES string of the molecule is C=CC1=C(C)C(=O)N/C1=C\c1[nH]c(Cc2[nH]c(/C=C3\NC(=O)C(C)=C3C=C)c(C)c2CC(OC)C(=O)O)c(CC(OC)C(=O)O)c1C. The number of aromatic amines is 2. The van der Waals surface area contributed by atoms with Gasteiger partial charge in [0.25, 0.3) is 11.8 Å². The van der Waals surface area contributed by atoms with Gasteiger partial charge in [-0.05, 0) is 62.1 Å². The number of hydrogen-bond acceptors (Lipinski definition) is 6. The Morgan fingerprint density at radius 2 is 1.09 bits per heavy atom. The lowest BCUT2D eigenvalue weighted by Gasteiger charge is -2.14. The number of allylic oxidation sites excluding steroid dienone is 2. The molecular formula is C35H40N4O8. The van der Waals surface area contributed by atoms with Crippen LogP contribution in [-0.2, 0) is 47.9 Å². The lowest BCUT2D eigenvalue weighted by molar-refractivity contribution is -0.149. The summed E-state index contributed by atoms with van der Waals surface area (Å²) in [6.45, 7) is 14.8. The average Bonchev–Trinajstić information content (AvgIpc) is 3.67. The number of H-pyrrole nitrogens is 2. The van der Waals surface area contributed by atoms with E-state index >= 15 is 0 Å². The minimum atomic E-state index is -1.13. The van der Waals surface area contributed by atoms with Gasteiger partial charge in [0.1, 0.15) is 0 Å². The molecule has 6 N–H and O–H groups in total. The van der Waals surface area contributed by atoms with Crippen LogP contribution in [0.2, 0.25) is 0 Å². The Morgan fingerprint density at radius 1 is 0.723 bits per heavy atom. The third-order valence-corrected chi connectivity index (χ3v) is 8.82. The van der Waals surface area contributed by atoms with Crippen LogP contribution in [0.25, 0.3) is 12.2 Å². The van der Waals surface area contributed by atoms with Crippen molar-refractivity contribution in [3.8, 4) is 0 Å². The Hall–Kier alpha value is -5.20. The highest BCUT2D eigenvalue weighted by atomic mass is 16.5. The van der Waals surface area contributed by atoms with Crippen LogP contribution in [0, 0.1) is 13.8 Å². The Morgan fingerprint density at radius 3 is 1.38 bits per heavy atom. The largest absolute Gasteiger partial charge is 0.479 e. The van der Waals surface area contributed by atoms with Crippen molar-refractivity contribution < 1.29 is 38.9 Å². The number of hydrogen-bond donors (Lipinski definition) is 6. The number of carbonyl (C=O) groups is 4. The molecular weight excluding hydrogens is 604 g/mol. The van der Waals surface area contributed by atoms with E-state index in [4.69, 9.17) is 9.47 Å². The van der Waals surface area contributed by atoms with Gasteiger partial charge in [0.05, 0.1) is 11.4 Å². The van der Waals surface area contributed by atoms with Gasteiger partial charge in [-0.25, -0.2) is 9.59 Å². The minimum absolute atomic E-state index is 0.0444. The van der Waals surface area contributed by atoms with Crippen LogP contribution in [0.4, 0.5) is 0 Å². The van der Waals surface area contributed by atoms with Gasteiger partial charge in [0.15, 0.2) is 12.2 Å². The molecule has 0 saturated heterocycles. The molecule has 2 unspecified atom stereocenters. The van der Waals surface area contributed by atoms with E-state index in [2.05, 4.69) is 33.8 Å². The lowest BCUT2D eigenvalue weighted by Crippen LogP contribution is -2.26. The molecule has 0 spiro atoms. The molecule has 4 heterocycles. The van der Waals surface area contributed by atoms with Crippen molar-refractivity contribution in [1.82, 2.24) is 20.6 Å². The number of rotatable bonds is 14. The molecule has 2 aromatic heterocycles. The summed E-state index contributed by atoms with van der Waals surface area (Å²) < 4.78 is 10.6. The smallest absolute Gasteiger partial charge is 0.333 e. The number of amides is 2. The van der Waals surface area contributed by atoms with Gasteiger partial charge >= 0.3 is 11.9 Å². The van der Waals surface area contributed by atoms with Gasteiger partial charge in [0, 0.05) is 78.6 Å². The number of aromatic nitrogens is 2. The second-order valence-corrected chi connectivity index (χ2v) is 11.5. The predicted octanol–water partition coefficient (Wildman–Crippen LogP) is 3.78. The summed E-state index contributed by atoms with van der Waals surface area (Å²) in [5, 5.41) is 25.3. The standard InChI is InChI=1S/C35H40N4O8/c1-9-20-18(5)32(40)38-26(20)13-24-16(3)22(11-30(46-7)34(42)43)28(36-24)15-29-23(12-31(47-8)35(44)45)17(4)25(37-29)14-27-21(10-2)19(6)33(41)39-27/h9-10,13-14,30-31,36-37H,1-2,11-12,15H2,3-8H3,(H,38,40)(H,39,41)(H,42,43)(H,44,45)/b26-13-,27-14-. The van der Waals surface area contributed by atoms with E-state index in [1.54, 1.807) is 38.2 Å². The van der Waals surface area contributed by atoms with Gasteiger partial charge in [-0.2, -0.15) is 0 Å². The summed E-state index contributed by atoms with van der Waals surface area (Å²) in [4.78, 5) is 55.6. The fourth-order valence-corrected chi connectivity index (χ4v) is 5.93. The average molecular weight is 645 g/mol. The van der Waals surface area contributed by atoms with E-state index < -0.39 is 24.1 Å². The molecule has 12 nitrogen and oxygen atoms in total. The summed E-state index contributed by atoms with van der Waals surface area (Å²) >= 11 is 0. The van der Waals surface area contributed by atoms with Crippen molar-refractivity contribution in [3.05, 3.63) is 104 Å². The molecule has 2 aliphatic rings. The molecule has 2 amide bonds. The van der Waals surface area contributed by atoms with Crippen molar-refractivity contribution in [3.63, 3.8) is 0 Å². The fourth-order valence-electron chi connectivity index (χ4n) is 5.93. The molecule has 4 rings (SSSR count). The number of methoxy groups -OCH3 is 2. The summed E-state index contributed by atoms with van der Waals surface area (Å²) in [7, 11) is 2.67. The Bertz CT molecular complexity index is 1680. The molecule has 0 radical (unpaired) electrons. The zero-order valence-corrected chi connectivity index (χ0v) is 27.3. The number of carboxylic acids is 2. The third-order valence-electron chi connectivity index (χ3n) is 8.82. The monoisotopic (exact) mass is 644 g/mol. The fraction of sp³-hybridized carbons (Fsp3) is 0.314. The molecule has 2 atom stereocenters. The molecule has 0 fully saturated rings. The summed E-state index contributed by atoms with van der Waals surface area (Å²) in [5.41, 5.74) is 9.06. The molecule has 0 aliphatic carbocycles. The minimum Gasteiger partial charge on any atom is -0.479 e.